The summed E-state index contributed by atoms with van der Waals surface area (Å²) in [7, 11) is 0. The zero-order valence-corrected chi connectivity index (χ0v) is 11.4. The van der Waals surface area contributed by atoms with Crippen molar-refractivity contribution in [1.82, 2.24) is 5.32 Å². The van der Waals surface area contributed by atoms with Gasteiger partial charge in [-0.15, -0.1) is 0 Å². The second-order valence-electron chi connectivity index (χ2n) is 5.46. The summed E-state index contributed by atoms with van der Waals surface area (Å²) in [4.78, 5) is 0. The Balaban J connectivity index is 2.03. The highest BCUT2D eigenvalue weighted by Gasteiger charge is 2.44. The number of aliphatic hydroxyl groups excluding tert-OH is 6. The topological polar surface area (TPSA) is 152 Å². The molecule has 9 nitrogen and oxygen atoms in total. The first-order chi connectivity index (χ1) is 9.97. The standard InChI is InChI=1S/C12H23NO8/c14-3-5-1-7(16)10(19)12(20-5)21-11-8(17)2-13-6(4-15)9(11)18/h5-19H,1-4H2/t5-,6+,7-,8+,9+,10+,11+,12+/m0/s1. The van der Waals surface area contributed by atoms with Crippen LogP contribution in [0.15, 0.2) is 0 Å². The van der Waals surface area contributed by atoms with Crippen LogP contribution in [0.5, 0.6) is 0 Å². The second kappa shape index (κ2) is 7.27. The van der Waals surface area contributed by atoms with Gasteiger partial charge in [-0.05, 0) is 0 Å². The summed E-state index contributed by atoms with van der Waals surface area (Å²) in [5, 5.41) is 60.5. The molecule has 2 aliphatic rings. The predicted octanol–water partition coefficient (Wildman–Crippen LogP) is -4.11. The van der Waals surface area contributed by atoms with E-state index < -0.39 is 49.0 Å². The van der Waals surface area contributed by atoms with E-state index in [-0.39, 0.29) is 26.2 Å². The molecule has 0 aromatic carbocycles. The van der Waals surface area contributed by atoms with Crippen molar-refractivity contribution in [2.75, 3.05) is 19.8 Å². The van der Waals surface area contributed by atoms with E-state index in [1.54, 1.807) is 0 Å². The van der Waals surface area contributed by atoms with Crippen LogP contribution in [0.2, 0.25) is 0 Å². The van der Waals surface area contributed by atoms with E-state index in [4.69, 9.17) is 19.7 Å². The quantitative estimate of drug-likeness (QED) is 0.275. The zero-order valence-electron chi connectivity index (χ0n) is 11.4. The molecule has 0 bridgehead atoms. The first-order valence-electron chi connectivity index (χ1n) is 6.96. The Bertz CT molecular complexity index is 332. The van der Waals surface area contributed by atoms with Crippen LogP contribution in [0.3, 0.4) is 0 Å². The highest BCUT2D eigenvalue weighted by Crippen LogP contribution is 2.25. The number of nitrogens with one attached hydrogen (secondary N) is 1. The summed E-state index contributed by atoms with van der Waals surface area (Å²) in [6, 6.07) is -0.669. The maximum atomic E-state index is 10.0. The Labute approximate surface area is 121 Å². The molecule has 2 aliphatic heterocycles. The van der Waals surface area contributed by atoms with E-state index in [0.29, 0.717) is 0 Å². The normalized spacial score (nSPS) is 48.3. The fourth-order valence-corrected chi connectivity index (χ4v) is 2.61. The van der Waals surface area contributed by atoms with Gasteiger partial charge < -0.3 is 45.4 Å². The fourth-order valence-electron chi connectivity index (χ4n) is 2.61. The molecule has 7 N–H and O–H groups in total. The smallest absolute Gasteiger partial charge is 0.186 e. The molecule has 0 aliphatic carbocycles. The number of piperidine rings is 1. The van der Waals surface area contributed by atoms with Crippen LogP contribution in [0.4, 0.5) is 0 Å². The summed E-state index contributed by atoms with van der Waals surface area (Å²) in [5.41, 5.74) is 0. The summed E-state index contributed by atoms with van der Waals surface area (Å²) in [5.74, 6) is 0. The Hall–Kier alpha value is -0.360. The summed E-state index contributed by atoms with van der Waals surface area (Å²) in [6.45, 7) is -0.592. The summed E-state index contributed by atoms with van der Waals surface area (Å²) < 4.78 is 10.7. The van der Waals surface area contributed by atoms with Crippen molar-refractivity contribution in [3.8, 4) is 0 Å². The van der Waals surface area contributed by atoms with Crippen molar-refractivity contribution in [2.24, 2.45) is 0 Å². The van der Waals surface area contributed by atoms with Crippen LogP contribution in [0.25, 0.3) is 0 Å². The molecule has 0 unspecified atom stereocenters. The molecule has 2 rings (SSSR count). The minimum Gasteiger partial charge on any atom is -0.395 e. The number of ether oxygens (including phenoxy) is 2. The maximum Gasteiger partial charge on any atom is 0.186 e. The third-order valence-corrected chi connectivity index (χ3v) is 3.91. The van der Waals surface area contributed by atoms with Crippen LogP contribution in [0.1, 0.15) is 6.42 Å². The lowest BCUT2D eigenvalue weighted by molar-refractivity contribution is -0.305. The molecule has 0 spiro atoms. The molecule has 9 heteroatoms. The summed E-state index contributed by atoms with van der Waals surface area (Å²) in [6.07, 6.45) is -7.76. The van der Waals surface area contributed by atoms with Crippen LogP contribution >= 0.6 is 0 Å². The number of β-amino-alcohol motifs (C(OH)–C–C–N with tert-alkyl or cyclic N) is 1. The molecule has 0 radical (unpaired) electrons. The fraction of sp³-hybridized carbons (Fsp3) is 1.00. The molecule has 2 fully saturated rings. The highest BCUT2D eigenvalue weighted by atomic mass is 16.7. The van der Waals surface area contributed by atoms with E-state index in [0.717, 1.165) is 0 Å². The van der Waals surface area contributed by atoms with Crippen molar-refractivity contribution in [1.29, 1.82) is 0 Å². The Morgan fingerprint density at radius 2 is 1.71 bits per heavy atom. The Morgan fingerprint density at radius 3 is 2.33 bits per heavy atom. The molecule has 0 aromatic heterocycles. The molecule has 21 heavy (non-hydrogen) atoms. The van der Waals surface area contributed by atoms with E-state index in [2.05, 4.69) is 5.32 Å². The van der Waals surface area contributed by atoms with E-state index in [1.165, 1.54) is 0 Å². The number of hydrogen-bond donors (Lipinski definition) is 7. The van der Waals surface area contributed by atoms with Crippen molar-refractivity contribution < 1.29 is 40.1 Å². The van der Waals surface area contributed by atoms with Crippen LogP contribution in [-0.2, 0) is 9.47 Å². The van der Waals surface area contributed by atoms with E-state index in [1.807, 2.05) is 0 Å². The van der Waals surface area contributed by atoms with Gasteiger partial charge in [-0.1, -0.05) is 0 Å². The Kier molecular flexibility index (Phi) is 5.88. The molecule has 124 valence electrons. The zero-order chi connectivity index (χ0) is 15.6. The van der Waals surface area contributed by atoms with Gasteiger partial charge >= 0.3 is 0 Å². The van der Waals surface area contributed by atoms with Crippen molar-refractivity contribution >= 4 is 0 Å². The number of aliphatic hydroxyl groups is 6. The van der Waals surface area contributed by atoms with Crippen molar-refractivity contribution in [3.63, 3.8) is 0 Å². The Morgan fingerprint density at radius 1 is 1.00 bits per heavy atom. The van der Waals surface area contributed by atoms with Crippen molar-refractivity contribution in [2.45, 2.75) is 55.4 Å². The van der Waals surface area contributed by atoms with Crippen LogP contribution < -0.4 is 5.32 Å². The van der Waals surface area contributed by atoms with E-state index in [9.17, 15) is 20.4 Å². The molecule has 2 saturated heterocycles. The molecular formula is C12H23NO8. The minimum absolute atomic E-state index is 0.0636. The van der Waals surface area contributed by atoms with Gasteiger partial charge in [-0.3, -0.25) is 0 Å². The first kappa shape index (κ1) is 17.0. The largest absolute Gasteiger partial charge is 0.395 e. The van der Waals surface area contributed by atoms with Gasteiger partial charge in [0.15, 0.2) is 6.29 Å². The van der Waals surface area contributed by atoms with Crippen LogP contribution in [-0.4, -0.2) is 99.4 Å². The molecule has 8 atom stereocenters. The number of hydrogen-bond acceptors (Lipinski definition) is 9. The average Bonchev–Trinajstić information content (AvgIpc) is 2.47. The van der Waals surface area contributed by atoms with Gasteiger partial charge in [-0.25, -0.2) is 0 Å². The minimum atomic E-state index is -1.35. The second-order valence-corrected chi connectivity index (χ2v) is 5.46. The SMILES string of the molecule is OC[C@@H]1C[C@H](O)[C@@H](O)[C@@H](O[C@H]2[C@H](O)[C@@H](CO)NC[C@H]2O)O1. The molecular weight excluding hydrogens is 286 g/mol. The number of rotatable bonds is 4. The maximum absolute atomic E-state index is 10.0. The third-order valence-electron chi connectivity index (χ3n) is 3.91. The van der Waals surface area contributed by atoms with Gasteiger partial charge in [0.2, 0.25) is 0 Å². The van der Waals surface area contributed by atoms with Gasteiger partial charge in [-0.2, -0.15) is 0 Å². The highest BCUT2D eigenvalue weighted by molar-refractivity contribution is 4.94. The summed E-state index contributed by atoms with van der Waals surface area (Å²) >= 11 is 0. The van der Waals surface area contributed by atoms with Gasteiger partial charge in [0.05, 0.1) is 37.6 Å². The van der Waals surface area contributed by atoms with Gasteiger partial charge in [0, 0.05) is 13.0 Å². The van der Waals surface area contributed by atoms with Gasteiger partial charge in [0.25, 0.3) is 0 Å². The molecule has 0 amide bonds. The lowest BCUT2D eigenvalue weighted by Gasteiger charge is -2.43. The van der Waals surface area contributed by atoms with Crippen LogP contribution in [0, 0.1) is 0 Å². The lowest BCUT2D eigenvalue weighted by Crippen LogP contribution is -2.64. The molecule has 2 heterocycles. The predicted molar refractivity (Wildman–Crippen MR) is 68.1 cm³/mol. The molecule has 0 saturated carbocycles. The van der Waals surface area contributed by atoms with Gasteiger partial charge in [0.1, 0.15) is 18.3 Å². The van der Waals surface area contributed by atoms with E-state index >= 15 is 0 Å². The monoisotopic (exact) mass is 309 g/mol. The lowest BCUT2D eigenvalue weighted by atomic mass is 9.96. The molecule has 0 aromatic rings. The van der Waals surface area contributed by atoms with Crippen molar-refractivity contribution in [3.05, 3.63) is 0 Å². The first-order valence-corrected chi connectivity index (χ1v) is 6.96. The third kappa shape index (κ3) is 3.70. The average molecular weight is 309 g/mol.